The van der Waals surface area contributed by atoms with Gasteiger partial charge in [0.15, 0.2) is 5.78 Å². The summed E-state index contributed by atoms with van der Waals surface area (Å²) in [7, 11) is 0. The molecule has 0 aliphatic rings. The maximum absolute atomic E-state index is 13.2. The zero-order chi connectivity index (χ0) is 21.5. The molecule has 1 unspecified atom stereocenters. The molecule has 3 aromatic rings. The van der Waals surface area contributed by atoms with E-state index in [-0.39, 0.29) is 23.9 Å². The van der Waals surface area contributed by atoms with Crippen LogP contribution in [0, 0.1) is 15.9 Å². The molecule has 1 atom stereocenters. The van der Waals surface area contributed by atoms with Crippen LogP contribution in [0.15, 0.2) is 72.8 Å². The van der Waals surface area contributed by atoms with Gasteiger partial charge < -0.3 is 10.1 Å². The van der Waals surface area contributed by atoms with Crippen LogP contribution in [-0.2, 0) is 0 Å². The van der Waals surface area contributed by atoms with Gasteiger partial charge in [-0.1, -0.05) is 12.1 Å². The Morgan fingerprint density at radius 3 is 2.23 bits per heavy atom. The highest BCUT2D eigenvalue weighted by molar-refractivity contribution is 5.96. The van der Waals surface area contributed by atoms with Crippen LogP contribution in [0.3, 0.4) is 0 Å². The smallest absolute Gasteiger partial charge is 0.269 e. The van der Waals surface area contributed by atoms with Crippen molar-refractivity contribution in [2.24, 2.45) is 0 Å². The summed E-state index contributed by atoms with van der Waals surface area (Å²) in [5.74, 6) is 0.169. The molecule has 0 radical (unpaired) electrons. The molecule has 30 heavy (non-hydrogen) atoms. The van der Waals surface area contributed by atoms with E-state index in [1.807, 2.05) is 31.2 Å². The van der Waals surface area contributed by atoms with Crippen LogP contribution in [0.4, 0.5) is 15.8 Å². The zero-order valence-corrected chi connectivity index (χ0v) is 16.4. The van der Waals surface area contributed by atoms with Gasteiger partial charge in [0.25, 0.3) is 5.69 Å². The Kier molecular flexibility index (Phi) is 6.75. The van der Waals surface area contributed by atoms with Crippen LogP contribution in [-0.4, -0.2) is 17.3 Å². The van der Waals surface area contributed by atoms with Crippen molar-refractivity contribution < 1.29 is 18.8 Å². The van der Waals surface area contributed by atoms with Crippen molar-refractivity contribution in [3.63, 3.8) is 0 Å². The normalized spacial score (nSPS) is 11.5. The van der Waals surface area contributed by atoms with Crippen molar-refractivity contribution in [1.29, 1.82) is 0 Å². The number of carbonyl (C=O) groups excluding carboxylic acids is 1. The number of anilines is 1. The molecule has 0 heterocycles. The number of halogens is 1. The van der Waals surface area contributed by atoms with Crippen LogP contribution in [0.25, 0.3) is 0 Å². The second kappa shape index (κ2) is 9.65. The summed E-state index contributed by atoms with van der Waals surface area (Å²) in [4.78, 5) is 23.2. The number of non-ortho nitro benzene ring substituents is 1. The molecule has 6 nitrogen and oxygen atoms in total. The summed E-state index contributed by atoms with van der Waals surface area (Å²) in [6.07, 6.45) is 0.122. The van der Waals surface area contributed by atoms with Crippen LogP contribution >= 0.6 is 0 Å². The summed E-state index contributed by atoms with van der Waals surface area (Å²) >= 11 is 0. The highest BCUT2D eigenvalue weighted by Gasteiger charge is 2.18. The number of carbonyl (C=O) groups is 1. The molecule has 0 amide bonds. The van der Waals surface area contributed by atoms with Crippen molar-refractivity contribution in [1.82, 2.24) is 0 Å². The van der Waals surface area contributed by atoms with Gasteiger partial charge in [-0.25, -0.2) is 4.39 Å². The molecule has 0 spiro atoms. The molecular weight excluding hydrogens is 387 g/mol. The lowest BCUT2D eigenvalue weighted by Gasteiger charge is -2.20. The van der Waals surface area contributed by atoms with Crippen molar-refractivity contribution in [3.05, 3.63) is 99.9 Å². The third kappa shape index (κ3) is 5.41. The molecule has 154 valence electrons. The Bertz CT molecular complexity index is 1000. The fourth-order valence-electron chi connectivity index (χ4n) is 3.03. The molecule has 1 N–H and O–H groups in total. The Morgan fingerprint density at radius 2 is 1.67 bits per heavy atom. The number of ketones is 1. The first-order chi connectivity index (χ1) is 14.5. The van der Waals surface area contributed by atoms with Crippen molar-refractivity contribution in [2.75, 3.05) is 11.9 Å². The van der Waals surface area contributed by atoms with Crippen LogP contribution in [0.1, 0.15) is 35.3 Å². The molecular formula is C23H21FN2O4. The van der Waals surface area contributed by atoms with E-state index >= 15 is 0 Å². The Morgan fingerprint density at radius 1 is 1.03 bits per heavy atom. The predicted octanol–water partition coefficient (Wildman–Crippen LogP) is 5.56. The van der Waals surface area contributed by atoms with Gasteiger partial charge in [0.05, 0.1) is 17.6 Å². The fourth-order valence-corrected chi connectivity index (χ4v) is 3.03. The van der Waals surface area contributed by atoms with E-state index in [0.717, 1.165) is 11.3 Å². The minimum absolute atomic E-state index is 0.0134. The standard InChI is InChI=1S/C23H21FN2O4/c1-2-30-21-13-5-16(6-14-21)22(15-23(27)17-3-7-18(24)8-4-17)25-19-9-11-20(12-10-19)26(28)29/h3-14,22,25H,2,15H2,1H3. The van der Waals surface area contributed by atoms with E-state index in [1.54, 1.807) is 12.1 Å². The number of nitrogens with zero attached hydrogens (tertiary/aromatic N) is 1. The number of nitrogens with one attached hydrogen (secondary N) is 1. The third-order valence-electron chi connectivity index (χ3n) is 4.57. The molecule has 0 aliphatic carbocycles. The summed E-state index contributed by atoms with van der Waals surface area (Å²) in [5.41, 5.74) is 1.90. The van der Waals surface area contributed by atoms with Crippen molar-refractivity contribution in [2.45, 2.75) is 19.4 Å². The monoisotopic (exact) mass is 408 g/mol. The van der Waals surface area contributed by atoms with Gasteiger partial charge in [0, 0.05) is 29.8 Å². The summed E-state index contributed by atoms with van der Waals surface area (Å²) in [6.45, 7) is 2.45. The number of ether oxygens (including phenoxy) is 1. The number of Topliss-reactive ketones (excluding diaryl/α,β-unsaturated/α-hetero) is 1. The summed E-state index contributed by atoms with van der Waals surface area (Å²) in [6, 6.07) is 18.4. The minimum Gasteiger partial charge on any atom is -0.494 e. The highest BCUT2D eigenvalue weighted by atomic mass is 19.1. The second-order valence-electron chi connectivity index (χ2n) is 6.64. The van der Waals surface area contributed by atoms with E-state index in [0.29, 0.717) is 17.9 Å². The molecule has 3 rings (SSSR count). The van der Waals surface area contributed by atoms with Crippen LogP contribution in [0.2, 0.25) is 0 Å². The van der Waals surface area contributed by atoms with Gasteiger partial charge >= 0.3 is 0 Å². The molecule has 7 heteroatoms. The number of rotatable bonds is 9. The van der Waals surface area contributed by atoms with E-state index in [9.17, 15) is 19.3 Å². The van der Waals surface area contributed by atoms with E-state index in [4.69, 9.17) is 4.74 Å². The van der Waals surface area contributed by atoms with Crippen molar-refractivity contribution in [3.8, 4) is 5.75 Å². The van der Waals surface area contributed by atoms with Gasteiger partial charge in [0.1, 0.15) is 11.6 Å². The maximum Gasteiger partial charge on any atom is 0.269 e. The highest BCUT2D eigenvalue weighted by Crippen LogP contribution is 2.27. The maximum atomic E-state index is 13.2. The Labute approximate surface area is 173 Å². The zero-order valence-electron chi connectivity index (χ0n) is 16.4. The summed E-state index contributed by atoms with van der Waals surface area (Å²) < 4.78 is 18.6. The van der Waals surface area contributed by atoms with Gasteiger partial charge in [0.2, 0.25) is 0 Å². The Balaban J connectivity index is 1.84. The lowest BCUT2D eigenvalue weighted by atomic mass is 9.97. The Hall–Kier alpha value is -3.74. The van der Waals surface area contributed by atoms with Crippen LogP contribution in [0.5, 0.6) is 5.75 Å². The lowest BCUT2D eigenvalue weighted by Crippen LogP contribution is -2.16. The average Bonchev–Trinajstić information content (AvgIpc) is 2.75. The van der Waals surface area contributed by atoms with Gasteiger partial charge in [-0.05, 0) is 61.0 Å². The SMILES string of the molecule is CCOc1ccc(C(CC(=O)c2ccc(F)cc2)Nc2ccc([N+](=O)[O-])cc2)cc1. The molecule has 0 aromatic heterocycles. The van der Waals surface area contributed by atoms with E-state index in [1.165, 1.54) is 36.4 Å². The number of nitro groups is 1. The molecule has 0 saturated heterocycles. The number of nitro benzene ring substituents is 1. The first kappa shape index (κ1) is 21.0. The number of benzene rings is 3. The first-order valence-electron chi connectivity index (χ1n) is 9.49. The largest absolute Gasteiger partial charge is 0.494 e. The van der Waals surface area contributed by atoms with Crippen LogP contribution < -0.4 is 10.1 Å². The van der Waals surface area contributed by atoms with E-state index < -0.39 is 10.7 Å². The molecule has 0 fully saturated rings. The van der Waals surface area contributed by atoms with Gasteiger partial charge in [-0.2, -0.15) is 0 Å². The lowest BCUT2D eigenvalue weighted by molar-refractivity contribution is -0.384. The fraction of sp³-hybridized carbons (Fsp3) is 0.174. The molecule has 3 aromatic carbocycles. The number of hydrogen-bond acceptors (Lipinski definition) is 5. The van der Waals surface area contributed by atoms with Crippen molar-refractivity contribution >= 4 is 17.2 Å². The summed E-state index contributed by atoms with van der Waals surface area (Å²) in [5, 5.41) is 14.1. The predicted molar refractivity (Wildman–Crippen MR) is 112 cm³/mol. The molecule has 0 saturated carbocycles. The van der Waals surface area contributed by atoms with Gasteiger partial charge in [-0.3, -0.25) is 14.9 Å². The topological polar surface area (TPSA) is 81.5 Å². The first-order valence-corrected chi connectivity index (χ1v) is 9.49. The minimum atomic E-state index is -0.466. The van der Waals surface area contributed by atoms with Gasteiger partial charge in [-0.15, -0.1) is 0 Å². The number of hydrogen-bond donors (Lipinski definition) is 1. The molecule has 0 bridgehead atoms. The molecule has 0 aliphatic heterocycles. The second-order valence-corrected chi connectivity index (χ2v) is 6.64. The van der Waals surface area contributed by atoms with E-state index in [2.05, 4.69) is 5.32 Å². The third-order valence-corrected chi connectivity index (χ3v) is 4.57. The quantitative estimate of drug-likeness (QED) is 0.285. The average molecular weight is 408 g/mol.